The molecule has 0 bridgehead atoms. The van der Waals surface area contributed by atoms with Gasteiger partial charge in [-0.25, -0.2) is 14.1 Å². The van der Waals surface area contributed by atoms with Gasteiger partial charge in [0.2, 0.25) is 0 Å². The Morgan fingerprint density at radius 3 is 2.73 bits per heavy atom. The molecule has 174 valence electrons. The molecular formula is C21H25FN8O2S. The number of nitrogens with one attached hydrogen (secondary N) is 1. The first-order valence-electron chi connectivity index (χ1n) is 9.97. The first-order valence-corrected chi connectivity index (χ1v) is 10.8. The van der Waals surface area contributed by atoms with Crippen LogP contribution in [0.3, 0.4) is 0 Å². The standard InChI is InChI=1S/C21H25FN8O2S/c1-5-28(3)9-14(22)11(2)6-16-27-20-18(33-16)13-8-26-30(21(32)17(13)29(20)4)10-15(24)12(7-23)19(25)31/h7-9,23H,2,5-6,10,24H2,1,3-4H3,(H2,25,31)/b14-9+,15-12?,23-7?. The number of primary amides is 1. The monoisotopic (exact) mass is 472 g/mol. The van der Waals surface area contributed by atoms with Crippen LogP contribution in [0.5, 0.6) is 0 Å². The lowest BCUT2D eigenvalue weighted by molar-refractivity contribution is -0.114. The fourth-order valence-electron chi connectivity index (χ4n) is 3.23. The van der Waals surface area contributed by atoms with Gasteiger partial charge in [-0.3, -0.25) is 9.59 Å². The van der Waals surface area contributed by atoms with E-state index in [4.69, 9.17) is 16.9 Å². The van der Waals surface area contributed by atoms with Crippen LogP contribution < -0.4 is 17.0 Å². The zero-order valence-corrected chi connectivity index (χ0v) is 19.4. The van der Waals surface area contributed by atoms with Crippen molar-refractivity contribution in [2.45, 2.75) is 19.9 Å². The van der Waals surface area contributed by atoms with Crippen LogP contribution >= 0.6 is 11.3 Å². The third-order valence-electron chi connectivity index (χ3n) is 5.18. The summed E-state index contributed by atoms with van der Waals surface area (Å²) in [5.41, 5.74) is 11.7. The Morgan fingerprint density at radius 1 is 1.42 bits per heavy atom. The summed E-state index contributed by atoms with van der Waals surface area (Å²) >= 11 is 1.35. The van der Waals surface area contributed by atoms with E-state index in [1.807, 2.05) is 6.92 Å². The second kappa shape index (κ2) is 9.36. The number of amides is 1. The highest BCUT2D eigenvalue weighted by atomic mass is 32.1. The number of fused-ring (bicyclic) bond motifs is 3. The summed E-state index contributed by atoms with van der Waals surface area (Å²) in [6.07, 6.45) is 3.91. The summed E-state index contributed by atoms with van der Waals surface area (Å²) in [5.74, 6) is -1.26. The van der Waals surface area contributed by atoms with Crippen LogP contribution in [0.4, 0.5) is 4.39 Å². The first kappa shape index (κ1) is 23.9. The first-order chi connectivity index (χ1) is 15.6. The molecule has 3 aromatic heterocycles. The van der Waals surface area contributed by atoms with Crippen LogP contribution in [0.1, 0.15) is 11.9 Å². The second-order valence-corrected chi connectivity index (χ2v) is 8.55. The summed E-state index contributed by atoms with van der Waals surface area (Å²) < 4.78 is 17.8. The van der Waals surface area contributed by atoms with E-state index >= 15 is 0 Å². The van der Waals surface area contributed by atoms with Crippen LogP contribution in [-0.4, -0.2) is 49.9 Å². The molecule has 0 aromatic carbocycles. The number of aromatic nitrogens is 4. The van der Waals surface area contributed by atoms with Gasteiger partial charge < -0.3 is 26.3 Å². The Hall–Kier alpha value is -3.80. The number of hydrogen-bond donors (Lipinski definition) is 3. The number of thiazole rings is 1. The van der Waals surface area contributed by atoms with E-state index in [9.17, 15) is 14.0 Å². The van der Waals surface area contributed by atoms with Crippen molar-refractivity contribution in [2.75, 3.05) is 13.6 Å². The lowest BCUT2D eigenvalue weighted by Gasteiger charge is -2.11. The molecular weight excluding hydrogens is 447 g/mol. The fourth-order valence-corrected chi connectivity index (χ4v) is 4.38. The zero-order valence-electron chi connectivity index (χ0n) is 18.6. The van der Waals surface area contributed by atoms with E-state index in [-0.39, 0.29) is 24.2 Å². The van der Waals surface area contributed by atoms with Crippen molar-refractivity contribution < 1.29 is 9.18 Å². The molecule has 33 heavy (non-hydrogen) atoms. The van der Waals surface area contributed by atoms with Crippen molar-refractivity contribution in [1.29, 1.82) is 5.41 Å². The van der Waals surface area contributed by atoms with E-state index in [1.165, 1.54) is 23.7 Å². The van der Waals surface area contributed by atoms with Gasteiger partial charge in [-0.2, -0.15) is 5.10 Å². The van der Waals surface area contributed by atoms with Gasteiger partial charge in [0.05, 0.1) is 23.0 Å². The summed E-state index contributed by atoms with van der Waals surface area (Å²) in [5, 5.41) is 12.7. The number of hydrogen-bond acceptors (Lipinski definition) is 8. The van der Waals surface area contributed by atoms with Gasteiger partial charge >= 0.3 is 0 Å². The number of halogens is 1. The maximum Gasteiger partial charge on any atom is 0.291 e. The van der Waals surface area contributed by atoms with Crippen molar-refractivity contribution in [3.8, 4) is 0 Å². The maximum absolute atomic E-state index is 14.3. The lowest BCUT2D eigenvalue weighted by Crippen LogP contribution is -2.29. The van der Waals surface area contributed by atoms with Crippen molar-refractivity contribution in [3.63, 3.8) is 0 Å². The van der Waals surface area contributed by atoms with E-state index < -0.39 is 17.3 Å². The Bertz CT molecular complexity index is 1390. The van der Waals surface area contributed by atoms with Gasteiger partial charge in [0.1, 0.15) is 16.4 Å². The molecule has 12 heteroatoms. The molecule has 0 aliphatic heterocycles. The average molecular weight is 473 g/mol. The second-order valence-electron chi connectivity index (χ2n) is 7.47. The molecule has 10 nitrogen and oxygen atoms in total. The van der Waals surface area contributed by atoms with Crippen LogP contribution in [0, 0.1) is 5.41 Å². The van der Waals surface area contributed by atoms with E-state index in [0.29, 0.717) is 33.7 Å². The van der Waals surface area contributed by atoms with Crippen LogP contribution in [0.25, 0.3) is 21.3 Å². The van der Waals surface area contributed by atoms with Crippen LogP contribution in [0.2, 0.25) is 0 Å². The van der Waals surface area contributed by atoms with Gasteiger partial charge in [-0.15, -0.1) is 11.3 Å². The molecule has 0 spiro atoms. The van der Waals surface area contributed by atoms with Crippen molar-refractivity contribution in [3.05, 3.63) is 57.0 Å². The molecule has 3 aromatic rings. The molecule has 3 heterocycles. The SMILES string of the molecule is C=C(Cc1nc2c(s1)c1cnn(CC(N)=C(C=N)C(N)=O)c(=O)c1n2C)/C(F)=C\N(C)CC. The number of carbonyl (C=O) groups excluding carboxylic acids is 1. The Balaban J connectivity index is 1.99. The maximum atomic E-state index is 14.3. The number of aryl methyl sites for hydroxylation is 1. The molecule has 0 fully saturated rings. The number of rotatable bonds is 9. The molecule has 0 unspecified atom stereocenters. The topological polar surface area (TPSA) is 149 Å². The summed E-state index contributed by atoms with van der Waals surface area (Å²) in [4.78, 5) is 30.7. The normalized spacial score (nSPS) is 12.8. The summed E-state index contributed by atoms with van der Waals surface area (Å²) in [6.45, 7) is 6.22. The zero-order chi connectivity index (χ0) is 24.4. The highest BCUT2D eigenvalue weighted by Gasteiger charge is 2.19. The number of carbonyl (C=O) groups is 1. The van der Waals surface area contributed by atoms with E-state index in [2.05, 4.69) is 16.7 Å². The number of nitrogens with two attached hydrogens (primary N) is 2. The highest BCUT2D eigenvalue weighted by Crippen LogP contribution is 2.32. The molecule has 0 aliphatic rings. The Labute approximate surface area is 192 Å². The van der Waals surface area contributed by atoms with Crippen molar-refractivity contribution >= 4 is 44.7 Å². The van der Waals surface area contributed by atoms with Crippen LogP contribution in [0.15, 0.2) is 46.4 Å². The number of allylic oxidation sites excluding steroid dienone is 3. The number of nitrogens with zero attached hydrogens (tertiary/aromatic N) is 5. The Kier molecular flexibility index (Phi) is 6.77. The minimum atomic E-state index is -0.859. The molecule has 0 radical (unpaired) electrons. The van der Waals surface area contributed by atoms with Gasteiger partial charge in [0.15, 0.2) is 5.65 Å². The minimum Gasteiger partial charge on any atom is -0.400 e. The fraction of sp³-hybridized carbons (Fsp3) is 0.286. The van der Waals surface area contributed by atoms with Gasteiger partial charge in [0.25, 0.3) is 11.5 Å². The molecule has 0 saturated heterocycles. The van der Waals surface area contributed by atoms with Crippen molar-refractivity contribution in [2.24, 2.45) is 18.5 Å². The van der Waals surface area contributed by atoms with Gasteiger partial charge in [0, 0.05) is 50.6 Å². The molecule has 3 rings (SSSR count). The average Bonchev–Trinajstić information content (AvgIpc) is 3.28. The molecule has 0 atom stereocenters. The third kappa shape index (κ3) is 4.55. The largest absolute Gasteiger partial charge is 0.400 e. The van der Waals surface area contributed by atoms with E-state index in [0.717, 1.165) is 15.6 Å². The molecule has 0 saturated carbocycles. The smallest absolute Gasteiger partial charge is 0.291 e. The molecule has 0 aliphatic carbocycles. The van der Waals surface area contributed by atoms with Crippen molar-refractivity contribution in [1.82, 2.24) is 24.2 Å². The summed E-state index contributed by atoms with van der Waals surface area (Å²) in [6, 6.07) is 0. The van der Waals surface area contributed by atoms with Gasteiger partial charge in [-0.1, -0.05) is 6.58 Å². The Morgan fingerprint density at radius 2 is 2.12 bits per heavy atom. The van der Waals surface area contributed by atoms with Crippen LogP contribution in [-0.2, 0) is 24.8 Å². The predicted molar refractivity (Wildman–Crippen MR) is 128 cm³/mol. The summed E-state index contributed by atoms with van der Waals surface area (Å²) in [7, 11) is 3.48. The van der Waals surface area contributed by atoms with E-state index in [1.54, 1.807) is 23.6 Å². The quantitative estimate of drug-likeness (QED) is 0.244. The predicted octanol–water partition coefficient (Wildman–Crippen LogP) is 1.55. The van der Waals surface area contributed by atoms with Gasteiger partial charge in [-0.05, 0) is 12.5 Å². The molecule has 1 amide bonds. The highest BCUT2D eigenvalue weighted by molar-refractivity contribution is 7.19. The third-order valence-corrected chi connectivity index (χ3v) is 6.26. The lowest BCUT2D eigenvalue weighted by atomic mass is 10.2. The molecule has 5 N–H and O–H groups in total. The minimum absolute atomic E-state index is 0.0369.